The molecule has 0 radical (unpaired) electrons. The van der Waals surface area contributed by atoms with E-state index in [1.165, 1.54) is 23.6 Å². The van der Waals surface area contributed by atoms with Crippen molar-refractivity contribution >= 4 is 28.3 Å². The molecule has 3 aromatic carbocycles. The van der Waals surface area contributed by atoms with Crippen molar-refractivity contribution in [3.8, 4) is 11.3 Å². The van der Waals surface area contributed by atoms with Crippen molar-refractivity contribution in [2.24, 2.45) is 10.1 Å². The van der Waals surface area contributed by atoms with E-state index in [0.29, 0.717) is 12.1 Å². The van der Waals surface area contributed by atoms with Gasteiger partial charge in [0, 0.05) is 17.5 Å². The third-order valence-corrected chi connectivity index (χ3v) is 5.16. The van der Waals surface area contributed by atoms with Crippen LogP contribution in [-0.2, 0) is 0 Å². The summed E-state index contributed by atoms with van der Waals surface area (Å²) < 4.78 is 28.4. The predicted molar refractivity (Wildman–Crippen MR) is 111 cm³/mol. The topological polar surface area (TPSA) is 29.6 Å². The van der Waals surface area contributed by atoms with Crippen LogP contribution in [0.2, 0.25) is 0 Å². The molecule has 0 spiro atoms. The smallest absolute Gasteiger partial charge is 0.206 e. The van der Waals surface area contributed by atoms with Crippen LogP contribution >= 0.6 is 11.3 Å². The van der Waals surface area contributed by atoms with E-state index in [1.54, 1.807) is 4.68 Å². The number of nitrogens with zero attached hydrogens (tertiary/aromatic N) is 3. The monoisotopic (exact) mass is 393 g/mol. The minimum absolute atomic E-state index is 0.476. The molecule has 1 heterocycles. The van der Waals surface area contributed by atoms with Gasteiger partial charge in [0.15, 0.2) is 11.6 Å². The number of thiazole rings is 1. The summed E-state index contributed by atoms with van der Waals surface area (Å²) in [5, 5.41) is 8.79. The second kappa shape index (κ2) is 7.86. The highest BCUT2D eigenvalue weighted by atomic mass is 32.1. The highest BCUT2D eigenvalue weighted by molar-refractivity contribution is 7.07. The fourth-order valence-corrected chi connectivity index (χ4v) is 3.90. The van der Waals surface area contributed by atoms with Crippen LogP contribution in [0, 0.1) is 11.6 Å². The van der Waals surface area contributed by atoms with Crippen molar-refractivity contribution in [3.63, 3.8) is 0 Å². The van der Waals surface area contributed by atoms with Gasteiger partial charge in [-0.05, 0) is 35.4 Å². The summed E-state index contributed by atoms with van der Waals surface area (Å²) in [7, 11) is 0. The molecule has 0 N–H and O–H groups in total. The first-order valence-electron chi connectivity index (χ1n) is 8.86. The number of benzene rings is 3. The van der Waals surface area contributed by atoms with Crippen molar-refractivity contribution in [1.82, 2.24) is 4.68 Å². The van der Waals surface area contributed by atoms with Crippen molar-refractivity contribution in [2.75, 3.05) is 6.54 Å². The molecule has 4 aromatic rings. The molecule has 0 bridgehead atoms. The number of rotatable bonds is 4. The Bertz CT molecular complexity index is 1230. The molecule has 140 valence electrons. The van der Waals surface area contributed by atoms with Gasteiger partial charge >= 0.3 is 0 Å². The fourth-order valence-electron chi connectivity index (χ4n) is 3.01. The van der Waals surface area contributed by atoms with E-state index >= 15 is 0 Å². The van der Waals surface area contributed by atoms with Crippen LogP contribution in [0.15, 0.2) is 76.1 Å². The number of hydrogen-bond donors (Lipinski definition) is 0. The molecular weight excluding hydrogens is 376 g/mol. The first kappa shape index (κ1) is 18.3. The van der Waals surface area contributed by atoms with Gasteiger partial charge in [0.2, 0.25) is 4.80 Å². The Kier molecular flexibility index (Phi) is 5.12. The summed E-state index contributed by atoms with van der Waals surface area (Å²) in [6.45, 7) is 2.58. The molecule has 0 unspecified atom stereocenters. The van der Waals surface area contributed by atoms with E-state index in [1.807, 2.05) is 36.6 Å². The maximum absolute atomic E-state index is 13.5. The largest absolute Gasteiger partial charge is 0.258 e. The Labute approximate surface area is 164 Å². The molecule has 0 aliphatic heterocycles. The van der Waals surface area contributed by atoms with Gasteiger partial charge in [-0.1, -0.05) is 48.5 Å². The molecule has 0 saturated carbocycles. The third kappa shape index (κ3) is 3.51. The molecule has 0 aliphatic rings. The van der Waals surface area contributed by atoms with Crippen LogP contribution < -0.4 is 4.80 Å². The fraction of sp³-hybridized carbons (Fsp3) is 0.0909. The molecular formula is C22H17F2N3S. The summed E-state index contributed by atoms with van der Waals surface area (Å²) in [5.74, 6) is -1.77. The van der Waals surface area contributed by atoms with E-state index in [-0.39, 0.29) is 0 Å². The van der Waals surface area contributed by atoms with Crippen LogP contribution in [-0.4, -0.2) is 17.4 Å². The number of fused-ring (bicyclic) bond motifs is 1. The molecule has 28 heavy (non-hydrogen) atoms. The van der Waals surface area contributed by atoms with Gasteiger partial charge in [0.1, 0.15) is 0 Å². The lowest BCUT2D eigenvalue weighted by atomic mass is 10.0. The molecule has 4 rings (SSSR count). The first-order chi connectivity index (χ1) is 13.7. The summed E-state index contributed by atoms with van der Waals surface area (Å²) in [5.41, 5.74) is 2.41. The van der Waals surface area contributed by atoms with Crippen LogP contribution in [0.5, 0.6) is 0 Å². The first-order valence-corrected chi connectivity index (χ1v) is 9.74. The van der Waals surface area contributed by atoms with E-state index in [2.05, 4.69) is 28.3 Å². The van der Waals surface area contributed by atoms with Crippen molar-refractivity contribution in [1.29, 1.82) is 0 Å². The Morgan fingerprint density at radius 2 is 1.82 bits per heavy atom. The Balaban J connectivity index is 1.87. The van der Waals surface area contributed by atoms with Gasteiger partial charge in [-0.15, -0.1) is 11.3 Å². The number of hydrogen-bond acceptors (Lipinski definition) is 3. The minimum atomic E-state index is -0.896. The SMILES string of the molecule is CCN=c1scc(-c2cccc3ccccc23)n1N=Cc1ccc(F)c(F)c1. The second-order valence-electron chi connectivity index (χ2n) is 6.13. The zero-order chi connectivity index (χ0) is 19.5. The highest BCUT2D eigenvalue weighted by Crippen LogP contribution is 2.29. The highest BCUT2D eigenvalue weighted by Gasteiger charge is 2.10. The van der Waals surface area contributed by atoms with Gasteiger partial charge in [-0.2, -0.15) is 5.10 Å². The zero-order valence-electron chi connectivity index (χ0n) is 15.1. The minimum Gasteiger partial charge on any atom is -0.258 e. The van der Waals surface area contributed by atoms with Crippen LogP contribution in [0.25, 0.3) is 22.0 Å². The maximum Gasteiger partial charge on any atom is 0.206 e. The second-order valence-corrected chi connectivity index (χ2v) is 6.97. The normalized spacial score (nSPS) is 12.3. The molecule has 0 saturated heterocycles. The zero-order valence-corrected chi connectivity index (χ0v) is 16.0. The lowest BCUT2D eigenvalue weighted by molar-refractivity contribution is 0.508. The van der Waals surface area contributed by atoms with Crippen LogP contribution in [0.4, 0.5) is 8.78 Å². The van der Waals surface area contributed by atoms with E-state index in [0.717, 1.165) is 39.0 Å². The lowest BCUT2D eigenvalue weighted by Gasteiger charge is -2.07. The average Bonchev–Trinajstić information content (AvgIpc) is 3.11. The Morgan fingerprint density at radius 1 is 1.00 bits per heavy atom. The molecule has 1 aromatic heterocycles. The molecule has 0 fully saturated rings. The summed E-state index contributed by atoms with van der Waals surface area (Å²) in [6.07, 6.45) is 1.51. The molecule has 0 aliphatic carbocycles. The van der Waals surface area contributed by atoms with Gasteiger partial charge < -0.3 is 0 Å². The standard InChI is InChI=1S/C22H17F2N3S/c1-2-25-22-27(26-13-15-10-11-19(23)20(24)12-15)21(14-28-22)18-9-5-7-16-6-3-4-8-17(16)18/h3-14H,2H2,1H3. The predicted octanol–water partition coefficient (Wildman–Crippen LogP) is 5.45. The summed E-state index contributed by atoms with van der Waals surface area (Å²) in [4.78, 5) is 5.25. The van der Waals surface area contributed by atoms with Gasteiger partial charge in [-0.3, -0.25) is 4.99 Å². The molecule has 0 amide bonds. The van der Waals surface area contributed by atoms with Crippen molar-refractivity contribution in [2.45, 2.75) is 6.92 Å². The molecule has 3 nitrogen and oxygen atoms in total. The summed E-state index contributed by atoms with van der Waals surface area (Å²) in [6, 6.07) is 18.0. The van der Waals surface area contributed by atoms with E-state index < -0.39 is 11.6 Å². The Morgan fingerprint density at radius 3 is 2.64 bits per heavy atom. The Hall–Kier alpha value is -3.12. The maximum atomic E-state index is 13.5. The van der Waals surface area contributed by atoms with E-state index in [4.69, 9.17) is 0 Å². The van der Waals surface area contributed by atoms with Crippen molar-refractivity contribution < 1.29 is 8.78 Å². The number of aromatic nitrogens is 1. The van der Waals surface area contributed by atoms with Crippen LogP contribution in [0.3, 0.4) is 0 Å². The van der Waals surface area contributed by atoms with Gasteiger partial charge in [0.05, 0.1) is 11.9 Å². The molecule has 0 atom stereocenters. The quantitative estimate of drug-likeness (QED) is 0.413. The molecule has 6 heteroatoms. The van der Waals surface area contributed by atoms with Gasteiger partial charge in [0.25, 0.3) is 0 Å². The average molecular weight is 393 g/mol. The lowest BCUT2D eigenvalue weighted by Crippen LogP contribution is -2.12. The summed E-state index contributed by atoms with van der Waals surface area (Å²) >= 11 is 1.49. The van der Waals surface area contributed by atoms with Crippen molar-refractivity contribution in [3.05, 3.63) is 88.0 Å². The van der Waals surface area contributed by atoms with Gasteiger partial charge in [-0.25, -0.2) is 13.5 Å². The van der Waals surface area contributed by atoms with Crippen LogP contribution in [0.1, 0.15) is 12.5 Å². The number of halogens is 2. The third-order valence-electron chi connectivity index (χ3n) is 4.31. The van der Waals surface area contributed by atoms with E-state index in [9.17, 15) is 8.78 Å².